The van der Waals surface area contributed by atoms with Gasteiger partial charge in [0.2, 0.25) is 0 Å². The van der Waals surface area contributed by atoms with Gasteiger partial charge >= 0.3 is 0 Å². The third kappa shape index (κ3) is 3.54. The van der Waals surface area contributed by atoms with Gasteiger partial charge in [0.15, 0.2) is 11.6 Å². The van der Waals surface area contributed by atoms with Gasteiger partial charge in [-0.3, -0.25) is 4.79 Å². The zero-order valence-electron chi connectivity index (χ0n) is 12.0. The third-order valence-electron chi connectivity index (χ3n) is 3.20. The molecule has 2 aromatic rings. The minimum absolute atomic E-state index is 0.115. The van der Waals surface area contributed by atoms with E-state index in [2.05, 4.69) is 5.32 Å². The zero-order chi connectivity index (χ0) is 16.3. The van der Waals surface area contributed by atoms with Crippen molar-refractivity contribution in [1.29, 1.82) is 0 Å². The lowest BCUT2D eigenvalue weighted by atomic mass is 10.1. The molecule has 0 bridgehead atoms. The number of hydrogen-bond donors (Lipinski definition) is 1. The Morgan fingerprint density at radius 1 is 1.23 bits per heavy atom. The fourth-order valence-corrected chi connectivity index (χ4v) is 2.20. The van der Waals surface area contributed by atoms with E-state index in [1.807, 2.05) is 6.07 Å². The van der Waals surface area contributed by atoms with E-state index in [1.165, 1.54) is 0 Å². The molecule has 0 aliphatic heterocycles. The van der Waals surface area contributed by atoms with E-state index in [0.717, 1.165) is 17.7 Å². The van der Waals surface area contributed by atoms with Crippen LogP contribution in [0.4, 0.5) is 8.78 Å². The van der Waals surface area contributed by atoms with E-state index in [0.29, 0.717) is 5.75 Å². The summed E-state index contributed by atoms with van der Waals surface area (Å²) in [6.45, 7) is 1.76. The van der Waals surface area contributed by atoms with Crippen molar-refractivity contribution in [3.8, 4) is 5.75 Å². The van der Waals surface area contributed by atoms with Gasteiger partial charge in [-0.25, -0.2) is 8.78 Å². The number of benzene rings is 2. The standard InChI is InChI=1S/C16H14ClF2NO2/c1-9(10-4-3-5-11(6-10)22-2)20-16(21)12-7-14(18)15(19)8-13(12)17/h3-9H,1-2H3,(H,20,21)/t9-/m0/s1. The second kappa shape index (κ2) is 6.75. The molecule has 2 aromatic carbocycles. The summed E-state index contributed by atoms with van der Waals surface area (Å²) in [7, 11) is 1.55. The molecular weight excluding hydrogens is 312 g/mol. The van der Waals surface area contributed by atoms with Crippen LogP contribution < -0.4 is 10.1 Å². The summed E-state index contributed by atoms with van der Waals surface area (Å²) in [5.74, 6) is -2.14. The molecule has 0 fully saturated rings. The maximum absolute atomic E-state index is 13.2. The number of amides is 1. The van der Waals surface area contributed by atoms with Crippen LogP contribution in [0.2, 0.25) is 5.02 Å². The van der Waals surface area contributed by atoms with Crippen LogP contribution in [0.15, 0.2) is 36.4 Å². The van der Waals surface area contributed by atoms with Crippen LogP contribution in [0.25, 0.3) is 0 Å². The molecule has 22 heavy (non-hydrogen) atoms. The number of carbonyl (C=O) groups excluding carboxylic acids is 1. The van der Waals surface area contributed by atoms with Crippen LogP contribution in [0.5, 0.6) is 5.75 Å². The van der Waals surface area contributed by atoms with E-state index in [4.69, 9.17) is 16.3 Å². The highest BCUT2D eigenvalue weighted by Crippen LogP contribution is 2.22. The predicted molar refractivity (Wildman–Crippen MR) is 80.2 cm³/mol. The second-order valence-electron chi connectivity index (χ2n) is 4.72. The summed E-state index contributed by atoms with van der Waals surface area (Å²) in [6.07, 6.45) is 0. The van der Waals surface area contributed by atoms with E-state index < -0.39 is 17.5 Å². The van der Waals surface area contributed by atoms with Crippen molar-refractivity contribution in [3.05, 3.63) is 64.2 Å². The Bertz CT molecular complexity index is 707. The summed E-state index contributed by atoms with van der Waals surface area (Å²) < 4.78 is 31.4. The van der Waals surface area contributed by atoms with Gasteiger partial charge in [-0.1, -0.05) is 23.7 Å². The van der Waals surface area contributed by atoms with Crippen LogP contribution in [0.3, 0.4) is 0 Å². The molecule has 0 spiro atoms. The molecule has 0 saturated carbocycles. The molecule has 3 nitrogen and oxygen atoms in total. The van der Waals surface area contributed by atoms with Gasteiger partial charge in [0.25, 0.3) is 5.91 Å². The first-order chi connectivity index (χ1) is 10.4. The normalized spacial score (nSPS) is 11.9. The fourth-order valence-electron chi connectivity index (χ4n) is 1.97. The zero-order valence-corrected chi connectivity index (χ0v) is 12.7. The third-order valence-corrected chi connectivity index (χ3v) is 3.51. The fraction of sp³-hybridized carbons (Fsp3) is 0.188. The van der Waals surface area contributed by atoms with E-state index in [-0.39, 0.29) is 16.6 Å². The molecule has 0 aliphatic carbocycles. The molecule has 0 aliphatic rings. The maximum atomic E-state index is 13.2. The summed E-state index contributed by atoms with van der Waals surface area (Å²) in [5.41, 5.74) is 0.696. The van der Waals surface area contributed by atoms with Crippen molar-refractivity contribution >= 4 is 17.5 Å². The molecule has 2 rings (SSSR count). The first-order valence-corrected chi connectivity index (χ1v) is 6.89. The lowest BCUT2D eigenvalue weighted by Gasteiger charge is -2.16. The van der Waals surface area contributed by atoms with Gasteiger partial charge < -0.3 is 10.1 Å². The highest BCUT2D eigenvalue weighted by Gasteiger charge is 2.17. The van der Waals surface area contributed by atoms with Crippen LogP contribution in [0, 0.1) is 11.6 Å². The number of halogens is 3. The van der Waals surface area contributed by atoms with Gasteiger partial charge in [0.1, 0.15) is 5.75 Å². The van der Waals surface area contributed by atoms with Gasteiger partial charge in [-0.05, 0) is 36.8 Å². The molecular formula is C16H14ClF2NO2. The molecule has 6 heteroatoms. The summed E-state index contributed by atoms with van der Waals surface area (Å²) in [4.78, 5) is 12.2. The minimum Gasteiger partial charge on any atom is -0.497 e. The van der Waals surface area contributed by atoms with Crippen molar-refractivity contribution in [2.24, 2.45) is 0 Å². The molecule has 0 aromatic heterocycles. The Kier molecular flexibility index (Phi) is 4.98. The lowest BCUT2D eigenvalue weighted by molar-refractivity contribution is 0.0939. The molecule has 0 saturated heterocycles. The summed E-state index contributed by atoms with van der Waals surface area (Å²) >= 11 is 5.79. The van der Waals surface area contributed by atoms with Crippen molar-refractivity contribution in [3.63, 3.8) is 0 Å². The van der Waals surface area contributed by atoms with E-state index >= 15 is 0 Å². The number of carbonyl (C=O) groups is 1. The van der Waals surface area contributed by atoms with E-state index in [9.17, 15) is 13.6 Å². The van der Waals surface area contributed by atoms with Gasteiger partial charge in [-0.2, -0.15) is 0 Å². The number of rotatable bonds is 4. The van der Waals surface area contributed by atoms with Crippen LogP contribution in [-0.4, -0.2) is 13.0 Å². The Hall–Kier alpha value is -2.14. The maximum Gasteiger partial charge on any atom is 0.253 e. The average molecular weight is 326 g/mol. The van der Waals surface area contributed by atoms with Crippen LogP contribution >= 0.6 is 11.6 Å². The molecule has 0 heterocycles. The molecule has 1 atom stereocenters. The van der Waals surface area contributed by atoms with Crippen molar-refractivity contribution in [1.82, 2.24) is 5.32 Å². The minimum atomic E-state index is -1.12. The molecule has 116 valence electrons. The number of ether oxygens (including phenoxy) is 1. The lowest BCUT2D eigenvalue weighted by Crippen LogP contribution is -2.27. The smallest absolute Gasteiger partial charge is 0.253 e. The predicted octanol–water partition coefficient (Wildman–Crippen LogP) is 4.12. The number of nitrogens with one attached hydrogen (secondary N) is 1. The summed E-state index contributed by atoms with van der Waals surface area (Å²) in [6, 6.07) is 8.38. The second-order valence-corrected chi connectivity index (χ2v) is 5.13. The van der Waals surface area contributed by atoms with Crippen molar-refractivity contribution in [2.45, 2.75) is 13.0 Å². The van der Waals surface area contributed by atoms with E-state index in [1.54, 1.807) is 32.2 Å². The first-order valence-electron chi connectivity index (χ1n) is 6.51. The van der Waals surface area contributed by atoms with Crippen LogP contribution in [0.1, 0.15) is 28.9 Å². The topological polar surface area (TPSA) is 38.3 Å². The average Bonchev–Trinajstić information content (AvgIpc) is 2.50. The largest absolute Gasteiger partial charge is 0.497 e. The SMILES string of the molecule is COc1cccc([C@H](C)NC(=O)c2cc(F)c(F)cc2Cl)c1. The van der Waals surface area contributed by atoms with Crippen LogP contribution in [-0.2, 0) is 0 Å². The van der Waals surface area contributed by atoms with Gasteiger partial charge in [0.05, 0.1) is 23.7 Å². The van der Waals surface area contributed by atoms with Crippen molar-refractivity contribution in [2.75, 3.05) is 7.11 Å². The van der Waals surface area contributed by atoms with Crippen molar-refractivity contribution < 1.29 is 18.3 Å². The van der Waals surface area contributed by atoms with Gasteiger partial charge in [0, 0.05) is 0 Å². The Morgan fingerprint density at radius 2 is 1.91 bits per heavy atom. The number of hydrogen-bond acceptors (Lipinski definition) is 2. The Balaban J connectivity index is 2.19. The Labute approximate surface area is 131 Å². The monoisotopic (exact) mass is 325 g/mol. The Morgan fingerprint density at radius 3 is 2.59 bits per heavy atom. The number of methoxy groups -OCH3 is 1. The molecule has 1 N–H and O–H groups in total. The molecule has 0 unspecified atom stereocenters. The quantitative estimate of drug-likeness (QED) is 0.859. The van der Waals surface area contributed by atoms with Gasteiger partial charge in [-0.15, -0.1) is 0 Å². The first kappa shape index (κ1) is 16.2. The highest BCUT2D eigenvalue weighted by atomic mass is 35.5. The summed E-state index contributed by atoms with van der Waals surface area (Å²) in [5, 5.41) is 2.54. The molecule has 1 amide bonds. The molecule has 0 radical (unpaired) electrons. The highest BCUT2D eigenvalue weighted by molar-refractivity contribution is 6.33.